The number of benzene rings is 9. The van der Waals surface area contributed by atoms with Gasteiger partial charge in [-0.25, -0.2) is 9.97 Å². The van der Waals surface area contributed by atoms with Gasteiger partial charge in [-0.1, -0.05) is 176 Å². The first-order chi connectivity index (χ1) is 26.7. The van der Waals surface area contributed by atoms with Gasteiger partial charge in [0.15, 0.2) is 5.82 Å². The van der Waals surface area contributed by atoms with Gasteiger partial charge in [0.05, 0.1) is 11.4 Å². The first-order valence-corrected chi connectivity index (χ1v) is 18.4. The van der Waals surface area contributed by atoms with Gasteiger partial charge in [-0.15, -0.1) is 0 Å². The zero-order chi connectivity index (χ0) is 35.8. The number of fused-ring (bicyclic) bond motifs is 6. The Kier molecular flexibility index (Phi) is 7.85. The van der Waals surface area contributed by atoms with Crippen molar-refractivity contribution in [1.29, 1.82) is 0 Å². The molecule has 0 fully saturated rings. The first kappa shape index (κ1) is 31.6. The SMILES string of the molecule is c1ccc(-c2ccc3c4ccc(-c5cccc(-c6cccc(-c7cc(-c8ccccc8)nc(-c8ccccc8)n7)c6)c5)cc4c4ccccc4c3c2)cc1. The summed E-state index contributed by atoms with van der Waals surface area (Å²) in [6.07, 6.45) is 0. The topological polar surface area (TPSA) is 25.8 Å². The predicted octanol–water partition coefficient (Wildman–Crippen LogP) is 13.9. The van der Waals surface area contributed by atoms with Crippen molar-refractivity contribution in [3.8, 4) is 67.3 Å². The summed E-state index contributed by atoms with van der Waals surface area (Å²) in [6, 6.07) is 73.5. The Labute approximate surface area is 314 Å². The summed E-state index contributed by atoms with van der Waals surface area (Å²) in [5.41, 5.74) is 12.1. The van der Waals surface area contributed by atoms with Crippen LogP contribution >= 0.6 is 0 Å². The molecule has 0 aliphatic heterocycles. The molecule has 1 aromatic heterocycles. The highest BCUT2D eigenvalue weighted by Gasteiger charge is 2.14. The van der Waals surface area contributed by atoms with E-state index in [4.69, 9.17) is 9.97 Å². The van der Waals surface area contributed by atoms with Crippen molar-refractivity contribution in [3.63, 3.8) is 0 Å². The zero-order valence-electron chi connectivity index (χ0n) is 29.5. The van der Waals surface area contributed by atoms with Crippen molar-refractivity contribution in [1.82, 2.24) is 9.97 Å². The minimum atomic E-state index is 0.715. The molecule has 9 aromatic carbocycles. The van der Waals surface area contributed by atoms with Crippen molar-refractivity contribution in [3.05, 3.63) is 206 Å². The monoisotopic (exact) mass is 686 g/mol. The first-order valence-electron chi connectivity index (χ1n) is 18.4. The molecule has 2 nitrogen and oxygen atoms in total. The van der Waals surface area contributed by atoms with Crippen LogP contribution in [0.2, 0.25) is 0 Å². The van der Waals surface area contributed by atoms with Crippen molar-refractivity contribution < 1.29 is 0 Å². The molecule has 0 radical (unpaired) electrons. The predicted molar refractivity (Wildman–Crippen MR) is 227 cm³/mol. The molecule has 10 rings (SSSR count). The summed E-state index contributed by atoms with van der Waals surface area (Å²) in [7, 11) is 0. The third-order valence-corrected chi connectivity index (χ3v) is 10.5. The molecule has 1 heterocycles. The maximum absolute atomic E-state index is 5.08. The van der Waals surface area contributed by atoms with Gasteiger partial charge in [0.1, 0.15) is 0 Å². The van der Waals surface area contributed by atoms with Crippen LogP contribution in [0.3, 0.4) is 0 Å². The fraction of sp³-hybridized carbons (Fsp3) is 0. The molecule has 10 aromatic rings. The van der Waals surface area contributed by atoms with Gasteiger partial charge in [0, 0.05) is 16.7 Å². The lowest BCUT2D eigenvalue weighted by molar-refractivity contribution is 1.18. The third kappa shape index (κ3) is 5.81. The van der Waals surface area contributed by atoms with Crippen molar-refractivity contribution in [2.45, 2.75) is 0 Å². The molecule has 0 N–H and O–H groups in total. The van der Waals surface area contributed by atoms with Gasteiger partial charge in [-0.05, 0) is 96.0 Å². The summed E-state index contributed by atoms with van der Waals surface area (Å²) in [5.74, 6) is 0.715. The van der Waals surface area contributed by atoms with Crippen LogP contribution in [0.25, 0.3) is 99.6 Å². The fourth-order valence-electron chi connectivity index (χ4n) is 7.75. The molecule has 0 aliphatic carbocycles. The molecule has 0 bridgehead atoms. The minimum Gasteiger partial charge on any atom is -0.228 e. The molecular formula is C52H34N2. The van der Waals surface area contributed by atoms with Gasteiger partial charge in [-0.3, -0.25) is 0 Å². The molecule has 54 heavy (non-hydrogen) atoms. The smallest absolute Gasteiger partial charge is 0.160 e. The number of aromatic nitrogens is 2. The van der Waals surface area contributed by atoms with Crippen LogP contribution in [0.4, 0.5) is 0 Å². The summed E-state index contributed by atoms with van der Waals surface area (Å²) in [4.78, 5) is 10.1. The van der Waals surface area contributed by atoms with Crippen molar-refractivity contribution in [2.75, 3.05) is 0 Å². The van der Waals surface area contributed by atoms with E-state index in [1.54, 1.807) is 0 Å². The second-order valence-electron chi connectivity index (χ2n) is 13.8. The maximum atomic E-state index is 5.08. The van der Waals surface area contributed by atoms with Crippen molar-refractivity contribution >= 4 is 32.3 Å². The third-order valence-electron chi connectivity index (χ3n) is 10.5. The molecule has 0 saturated heterocycles. The lowest BCUT2D eigenvalue weighted by Crippen LogP contribution is -1.96. The summed E-state index contributed by atoms with van der Waals surface area (Å²) < 4.78 is 0. The van der Waals surface area contributed by atoms with Crippen LogP contribution in [0, 0.1) is 0 Å². The van der Waals surface area contributed by atoms with E-state index in [0.29, 0.717) is 5.82 Å². The van der Waals surface area contributed by atoms with E-state index in [1.807, 2.05) is 24.3 Å². The Hall–Kier alpha value is -7.16. The van der Waals surface area contributed by atoms with Crippen LogP contribution in [-0.4, -0.2) is 9.97 Å². The van der Waals surface area contributed by atoms with E-state index in [9.17, 15) is 0 Å². The number of nitrogens with zero attached hydrogens (tertiary/aromatic N) is 2. The molecule has 0 spiro atoms. The molecular weight excluding hydrogens is 653 g/mol. The highest BCUT2D eigenvalue weighted by atomic mass is 14.9. The highest BCUT2D eigenvalue weighted by Crippen LogP contribution is 2.39. The van der Waals surface area contributed by atoms with Crippen LogP contribution in [0.1, 0.15) is 0 Å². The van der Waals surface area contributed by atoms with Gasteiger partial charge in [-0.2, -0.15) is 0 Å². The fourth-order valence-corrected chi connectivity index (χ4v) is 7.75. The minimum absolute atomic E-state index is 0.715. The molecule has 0 saturated carbocycles. The Bertz CT molecular complexity index is 2890. The molecule has 0 amide bonds. The van der Waals surface area contributed by atoms with E-state index < -0.39 is 0 Å². The van der Waals surface area contributed by atoms with E-state index in [1.165, 1.54) is 54.6 Å². The Morgan fingerprint density at radius 1 is 0.204 bits per heavy atom. The second kappa shape index (κ2) is 13.4. The highest BCUT2D eigenvalue weighted by molar-refractivity contribution is 6.26. The van der Waals surface area contributed by atoms with Crippen LogP contribution in [0.15, 0.2) is 206 Å². The van der Waals surface area contributed by atoms with E-state index in [-0.39, 0.29) is 0 Å². The Balaban J connectivity index is 1.05. The standard InChI is InChI=1S/C52H34N2/c1-4-14-35(15-5-1)41-26-28-46-47-29-27-42(33-49(47)45-25-11-10-24-44(45)48(46)32-41)39-21-12-20-38(30-39)40-22-13-23-43(31-40)51-34-50(36-16-6-2-7-17-36)53-52(54-51)37-18-8-3-9-19-37/h1-34H. The number of rotatable bonds is 6. The largest absolute Gasteiger partial charge is 0.228 e. The Morgan fingerprint density at radius 2 is 0.574 bits per heavy atom. The summed E-state index contributed by atoms with van der Waals surface area (Å²) in [5, 5.41) is 7.63. The molecule has 0 unspecified atom stereocenters. The number of hydrogen-bond donors (Lipinski definition) is 0. The van der Waals surface area contributed by atoms with E-state index in [0.717, 1.165) is 39.2 Å². The van der Waals surface area contributed by atoms with E-state index >= 15 is 0 Å². The van der Waals surface area contributed by atoms with Crippen LogP contribution < -0.4 is 0 Å². The average molecular weight is 687 g/mol. The molecule has 252 valence electrons. The van der Waals surface area contributed by atoms with Crippen LogP contribution in [0.5, 0.6) is 0 Å². The van der Waals surface area contributed by atoms with Gasteiger partial charge in [0.25, 0.3) is 0 Å². The van der Waals surface area contributed by atoms with Gasteiger partial charge in [0.2, 0.25) is 0 Å². The van der Waals surface area contributed by atoms with E-state index in [2.05, 4.69) is 182 Å². The quantitative estimate of drug-likeness (QED) is 0.163. The second-order valence-corrected chi connectivity index (χ2v) is 13.8. The zero-order valence-corrected chi connectivity index (χ0v) is 29.5. The number of hydrogen-bond acceptors (Lipinski definition) is 2. The molecule has 2 heteroatoms. The lowest BCUT2D eigenvalue weighted by atomic mass is 9.90. The normalized spacial score (nSPS) is 11.3. The summed E-state index contributed by atoms with van der Waals surface area (Å²) in [6.45, 7) is 0. The average Bonchev–Trinajstić information content (AvgIpc) is 3.27. The Morgan fingerprint density at radius 3 is 1.13 bits per heavy atom. The van der Waals surface area contributed by atoms with Gasteiger partial charge >= 0.3 is 0 Å². The van der Waals surface area contributed by atoms with Crippen molar-refractivity contribution in [2.24, 2.45) is 0 Å². The molecule has 0 atom stereocenters. The molecule has 0 aliphatic rings. The van der Waals surface area contributed by atoms with Crippen LogP contribution in [-0.2, 0) is 0 Å². The van der Waals surface area contributed by atoms with Gasteiger partial charge < -0.3 is 0 Å². The maximum Gasteiger partial charge on any atom is 0.160 e. The lowest BCUT2D eigenvalue weighted by Gasteiger charge is -2.14. The summed E-state index contributed by atoms with van der Waals surface area (Å²) >= 11 is 0.